The average molecular weight is 424 g/mol. The van der Waals surface area contributed by atoms with Gasteiger partial charge in [-0.25, -0.2) is 4.39 Å². The molecule has 4 nitrogen and oxygen atoms in total. The molecule has 4 rings (SSSR count). The second-order valence-electron chi connectivity index (χ2n) is 6.47. The lowest BCUT2D eigenvalue weighted by molar-refractivity contribution is -0.0226. The van der Waals surface area contributed by atoms with Crippen molar-refractivity contribution in [3.8, 4) is 0 Å². The van der Waals surface area contributed by atoms with Crippen molar-refractivity contribution in [2.24, 2.45) is 5.92 Å². The molecule has 2 heterocycles. The van der Waals surface area contributed by atoms with Gasteiger partial charge in [-0.2, -0.15) is 5.48 Å². The molecule has 1 N–H and O–H groups in total. The highest BCUT2D eigenvalue weighted by atomic mass is 79.9. The molecular formula is C20H23BrFNO3. The maximum Gasteiger partial charge on any atom is 0.128 e. The van der Waals surface area contributed by atoms with Crippen LogP contribution in [0.25, 0.3) is 0 Å². The van der Waals surface area contributed by atoms with Crippen LogP contribution < -0.4 is 5.48 Å². The Hall–Kier alpha value is -1.31. The molecule has 2 aliphatic rings. The summed E-state index contributed by atoms with van der Waals surface area (Å²) in [4.78, 5) is 5.33. The highest BCUT2D eigenvalue weighted by molar-refractivity contribution is 9.10. The zero-order valence-corrected chi connectivity index (χ0v) is 16.3. The van der Waals surface area contributed by atoms with Crippen molar-refractivity contribution in [1.29, 1.82) is 0 Å². The van der Waals surface area contributed by atoms with Gasteiger partial charge in [0.05, 0.1) is 25.4 Å². The number of methoxy groups -OCH3 is 1. The molecule has 2 saturated heterocycles. The van der Waals surface area contributed by atoms with Crippen LogP contribution in [0.3, 0.4) is 0 Å². The van der Waals surface area contributed by atoms with E-state index in [1.54, 1.807) is 19.2 Å². The van der Waals surface area contributed by atoms with E-state index in [-0.39, 0.29) is 11.7 Å². The van der Waals surface area contributed by atoms with Crippen LogP contribution in [-0.4, -0.2) is 26.9 Å². The van der Waals surface area contributed by atoms with E-state index in [1.165, 1.54) is 11.6 Å². The molecule has 2 aromatic rings. The predicted molar refractivity (Wildman–Crippen MR) is 101 cm³/mol. The number of fused-ring (bicyclic) bond motifs is 1. The number of rotatable bonds is 3. The van der Waals surface area contributed by atoms with Gasteiger partial charge in [0, 0.05) is 29.7 Å². The standard InChI is InChI=1S/C12H13BrFNO2.C8H10O/c13-9-1-2-11(14)10(5-9)12-7-16-4-3-8(12)6-17-15-12;1-9-7-8-5-3-2-4-6-8/h1-2,5,8,15H,3-4,6-7H2;2-6H,7H2,1H3. The first-order chi connectivity index (χ1) is 12.7. The van der Waals surface area contributed by atoms with Gasteiger partial charge in [0.1, 0.15) is 5.82 Å². The van der Waals surface area contributed by atoms with Crippen LogP contribution >= 0.6 is 15.9 Å². The maximum atomic E-state index is 14.0. The van der Waals surface area contributed by atoms with E-state index in [9.17, 15) is 4.39 Å². The molecule has 0 amide bonds. The minimum atomic E-state index is -0.536. The largest absolute Gasteiger partial charge is 0.380 e. The average Bonchev–Trinajstić information content (AvgIpc) is 3.10. The summed E-state index contributed by atoms with van der Waals surface area (Å²) in [6, 6.07) is 15.1. The van der Waals surface area contributed by atoms with Crippen LogP contribution in [0.5, 0.6) is 0 Å². The van der Waals surface area contributed by atoms with Crippen molar-refractivity contribution < 1.29 is 18.7 Å². The van der Waals surface area contributed by atoms with Crippen molar-refractivity contribution in [3.63, 3.8) is 0 Å². The number of ether oxygens (including phenoxy) is 2. The lowest BCUT2D eigenvalue weighted by Gasteiger charge is -2.37. The van der Waals surface area contributed by atoms with Crippen molar-refractivity contribution in [3.05, 3.63) is 69.9 Å². The Balaban J connectivity index is 0.000000185. The second-order valence-corrected chi connectivity index (χ2v) is 7.38. The zero-order chi connectivity index (χ0) is 18.4. The smallest absolute Gasteiger partial charge is 0.128 e. The van der Waals surface area contributed by atoms with Crippen LogP contribution in [0.2, 0.25) is 0 Å². The number of hydroxylamine groups is 1. The van der Waals surface area contributed by atoms with Gasteiger partial charge in [-0.1, -0.05) is 46.3 Å². The van der Waals surface area contributed by atoms with Gasteiger partial charge >= 0.3 is 0 Å². The molecule has 0 aromatic heterocycles. The molecule has 140 valence electrons. The molecule has 2 fully saturated rings. The van der Waals surface area contributed by atoms with Gasteiger partial charge in [-0.3, -0.25) is 0 Å². The first-order valence-electron chi connectivity index (χ1n) is 8.61. The molecule has 2 aromatic carbocycles. The fourth-order valence-corrected chi connectivity index (χ4v) is 3.73. The molecule has 2 unspecified atom stereocenters. The lowest BCUT2D eigenvalue weighted by Crippen LogP contribution is -2.49. The minimum absolute atomic E-state index is 0.221. The van der Waals surface area contributed by atoms with Crippen molar-refractivity contribution in [2.45, 2.75) is 18.6 Å². The summed E-state index contributed by atoms with van der Waals surface area (Å²) < 4.78 is 25.3. The molecular weight excluding hydrogens is 401 g/mol. The van der Waals surface area contributed by atoms with Crippen molar-refractivity contribution in [2.75, 3.05) is 26.9 Å². The van der Waals surface area contributed by atoms with E-state index in [2.05, 4.69) is 21.4 Å². The van der Waals surface area contributed by atoms with Gasteiger partial charge in [0.25, 0.3) is 0 Å². The first-order valence-corrected chi connectivity index (χ1v) is 9.40. The fraction of sp³-hybridized carbons (Fsp3) is 0.400. The number of halogens is 2. The molecule has 0 bridgehead atoms. The Bertz CT molecular complexity index is 715. The van der Waals surface area contributed by atoms with Crippen LogP contribution in [-0.2, 0) is 26.5 Å². The lowest BCUT2D eigenvalue weighted by atomic mass is 9.77. The van der Waals surface area contributed by atoms with Gasteiger partial charge in [-0.15, -0.1) is 0 Å². The summed E-state index contributed by atoms with van der Waals surface area (Å²) in [6.07, 6.45) is 0.888. The number of benzene rings is 2. The quantitative estimate of drug-likeness (QED) is 0.803. The summed E-state index contributed by atoms with van der Waals surface area (Å²) in [7, 11) is 1.70. The summed E-state index contributed by atoms with van der Waals surface area (Å²) in [5.74, 6) is 0.0433. The molecule has 0 radical (unpaired) electrons. The highest BCUT2D eigenvalue weighted by Gasteiger charge is 2.49. The fourth-order valence-electron chi connectivity index (χ4n) is 3.37. The van der Waals surface area contributed by atoms with E-state index in [1.807, 2.05) is 30.3 Å². The third-order valence-corrected chi connectivity index (χ3v) is 5.23. The summed E-state index contributed by atoms with van der Waals surface area (Å²) in [5, 5.41) is 0. The van der Waals surface area contributed by atoms with Crippen LogP contribution in [0.1, 0.15) is 17.5 Å². The zero-order valence-electron chi connectivity index (χ0n) is 14.7. The molecule has 2 atom stereocenters. The first kappa shape index (κ1) is 19.5. The Morgan fingerprint density at radius 1 is 1.27 bits per heavy atom. The molecule has 6 heteroatoms. The Labute approximate surface area is 161 Å². The number of hydrogen-bond donors (Lipinski definition) is 1. The Morgan fingerprint density at radius 3 is 2.85 bits per heavy atom. The van der Waals surface area contributed by atoms with Crippen molar-refractivity contribution >= 4 is 15.9 Å². The third-order valence-electron chi connectivity index (χ3n) is 4.74. The van der Waals surface area contributed by atoms with Gasteiger partial charge in [-0.05, 0) is 30.2 Å². The number of nitrogens with one attached hydrogen (secondary N) is 1. The van der Waals surface area contributed by atoms with E-state index in [0.29, 0.717) is 32.0 Å². The Kier molecular flexibility index (Phi) is 6.78. The molecule has 2 aliphatic heterocycles. The summed E-state index contributed by atoms with van der Waals surface area (Å²) in [6.45, 7) is 2.48. The monoisotopic (exact) mass is 423 g/mol. The van der Waals surface area contributed by atoms with Crippen LogP contribution in [0.4, 0.5) is 4.39 Å². The van der Waals surface area contributed by atoms with Gasteiger partial charge in [0.2, 0.25) is 0 Å². The van der Waals surface area contributed by atoms with E-state index >= 15 is 0 Å². The topological polar surface area (TPSA) is 39.7 Å². The predicted octanol–water partition coefficient (Wildman–Crippen LogP) is 4.19. The highest BCUT2D eigenvalue weighted by Crippen LogP contribution is 2.41. The summed E-state index contributed by atoms with van der Waals surface area (Å²) in [5.41, 5.74) is 4.28. The molecule has 26 heavy (non-hydrogen) atoms. The Morgan fingerprint density at radius 2 is 2.08 bits per heavy atom. The van der Waals surface area contributed by atoms with Gasteiger partial charge < -0.3 is 14.3 Å². The van der Waals surface area contributed by atoms with Crippen molar-refractivity contribution in [1.82, 2.24) is 5.48 Å². The summed E-state index contributed by atoms with van der Waals surface area (Å²) >= 11 is 3.38. The maximum absolute atomic E-state index is 14.0. The van der Waals surface area contributed by atoms with E-state index < -0.39 is 5.54 Å². The number of hydrogen-bond acceptors (Lipinski definition) is 4. The third kappa shape index (κ3) is 4.32. The molecule has 0 spiro atoms. The minimum Gasteiger partial charge on any atom is -0.380 e. The van der Waals surface area contributed by atoms with E-state index in [4.69, 9.17) is 14.3 Å². The SMILES string of the molecule is COCc1ccccc1.Fc1ccc(Br)cc1C12COCCC1CON2. The molecule has 0 aliphatic carbocycles. The van der Waals surface area contributed by atoms with E-state index in [0.717, 1.165) is 10.9 Å². The van der Waals surface area contributed by atoms with Crippen LogP contribution in [0.15, 0.2) is 53.0 Å². The molecule has 0 saturated carbocycles. The van der Waals surface area contributed by atoms with Gasteiger partial charge in [0.15, 0.2) is 0 Å². The van der Waals surface area contributed by atoms with Crippen LogP contribution in [0, 0.1) is 11.7 Å². The second kappa shape index (κ2) is 9.06. The normalized spacial score (nSPS) is 24.5.